The van der Waals surface area contributed by atoms with Crippen molar-refractivity contribution in [3.8, 4) is 0 Å². The van der Waals surface area contributed by atoms with Crippen LogP contribution in [0, 0.1) is 0 Å². The van der Waals surface area contributed by atoms with E-state index >= 15 is 0 Å². The van der Waals surface area contributed by atoms with Gasteiger partial charge in [0.15, 0.2) is 0 Å². The maximum absolute atomic E-state index is 11.6. The van der Waals surface area contributed by atoms with E-state index in [0.29, 0.717) is 13.1 Å². The Balaban J connectivity index is 2.84. The van der Waals surface area contributed by atoms with Gasteiger partial charge in [-0.3, -0.25) is 9.69 Å². The lowest BCUT2D eigenvalue weighted by Gasteiger charge is -2.44. The lowest BCUT2D eigenvalue weighted by Crippen LogP contribution is -2.57. The van der Waals surface area contributed by atoms with E-state index in [0.717, 1.165) is 12.8 Å². The first-order valence-electron chi connectivity index (χ1n) is 6.21. The van der Waals surface area contributed by atoms with Crippen LogP contribution in [0.15, 0.2) is 12.7 Å². The molecule has 5 nitrogen and oxygen atoms in total. The van der Waals surface area contributed by atoms with Gasteiger partial charge in [-0.15, -0.1) is 0 Å². The first kappa shape index (κ1) is 14.5. The molecule has 1 heterocycles. The number of nitrogens with zero attached hydrogens (tertiary/aromatic N) is 2. The smallest absolute Gasteiger partial charge is 0.408 e. The molecule has 1 fully saturated rings. The van der Waals surface area contributed by atoms with E-state index in [1.165, 1.54) is 11.0 Å². The molecule has 1 unspecified atom stereocenters. The normalized spacial score (nSPS) is 20.4. The molecule has 102 valence electrons. The quantitative estimate of drug-likeness (QED) is 0.766. The molecule has 1 N–H and O–H groups in total. The highest BCUT2D eigenvalue weighted by Crippen LogP contribution is 2.24. The summed E-state index contributed by atoms with van der Waals surface area (Å²) >= 11 is 0. The molecule has 0 aromatic carbocycles. The molecular formula is C13H22N2O3. The SMILES string of the molecule is C=CC(=O)N1CCCC(N(C(=O)O)C(C)(C)C)C1. The Morgan fingerprint density at radius 3 is 2.50 bits per heavy atom. The third-order valence-electron chi connectivity index (χ3n) is 3.18. The van der Waals surface area contributed by atoms with Crippen molar-refractivity contribution in [2.75, 3.05) is 13.1 Å². The third kappa shape index (κ3) is 3.24. The zero-order valence-corrected chi connectivity index (χ0v) is 11.3. The molecule has 0 saturated carbocycles. The molecule has 0 spiro atoms. The summed E-state index contributed by atoms with van der Waals surface area (Å²) in [6.45, 7) is 10.2. The van der Waals surface area contributed by atoms with Crippen molar-refractivity contribution in [1.82, 2.24) is 9.80 Å². The van der Waals surface area contributed by atoms with Crippen molar-refractivity contribution in [3.63, 3.8) is 0 Å². The summed E-state index contributed by atoms with van der Waals surface area (Å²) in [6, 6.07) is -0.139. The van der Waals surface area contributed by atoms with Crippen LogP contribution in [0.2, 0.25) is 0 Å². The number of carbonyl (C=O) groups is 2. The van der Waals surface area contributed by atoms with Gasteiger partial charge in [-0.2, -0.15) is 0 Å². The molecule has 0 aromatic rings. The van der Waals surface area contributed by atoms with E-state index in [1.807, 2.05) is 20.8 Å². The van der Waals surface area contributed by atoms with Gasteiger partial charge in [-0.25, -0.2) is 4.79 Å². The highest BCUT2D eigenvalue weighted by Gasteiger charge is 2.36. The Bertz CT molecular complexity index is 347. The zero-order valence-electron chi connectivity index (χ0n) is 11.3. The highest BCUT2D eigenvalue weighted by atomic mass is 16.4. The Hall–Kier alpha value is -1.52. The maximum Gasteiger partial charge on any atom is 0.408 e. The lowest BCUT2D eigenvalue weighted by atomic mass is 9.97. The van der Waals surface area contributed by atoms with E-state index in [1.54, 1.807) is 4.90 Å². The van der Waals surface area contributed by atoms with E-state index < -0.39 is 11.6 Å². The van der Waals surface area contributed by atoms with Crippen LogP contribution in [0.4, 0.5) is 4.79 Å². The standard InChI is InChI=1S/C13H22N2O3/c1-5-11(16)14-8-6-7-10(9-14)15(12(17)18)13(2,3)4/h5,10H,1,6-9H2,2-4H3,(H,17,18). The molecule has 0 aliphatic carbocycles. The van der Waals surface area contributed by atoms with Gasteiger partial charge in [-0.1, -0.05) is 6.58 Å². The molecule has 2 amide bonds. The molecule has 1 saturated heterocycles. The largest absolute Gasteiger partial charge is 0.465 e. The summed E-state index contributed by atoms with van der Waals surface area (Å²) in [4.78, 5) is 26.1. The van der Waals surface area contributed by atoms with Crippen LogP contribution in [0.1, 0.15) is 33.6 Å². The number of amides is 2. The first-order valence-corrected chi connectivity index (χ1v) is 6.21. The van der Waals surface area contributed by atoms with Gasteiger partial charge in [0.2, 0.25) is 5.91 Å². The highest BCUT2D eigenvalue weighted by molar-refractivity contribution is 5.87. The van der Waals surface area contributed by atoms with Crippen LogP contribution in [-0.2, 0) is 4.79 Å². The maximum atomic E-state index is 11.6. The van der Waals surface area contributed by atoms with Crippen LogP contribution >= 0.6 is 0 Å². The minimum Gasteiger partial charge on any atom is -0.465 e. The second-order valence-corrected chi connectivity index (χ2v) is 5.61. The number of hydrogen-bond acceptors (Lipinski definition) is 2. The Morgan fingerprint density at radius 1 is 1.44 bits per heavy atom. The van der Waals surface area contributed by atoms with Gasteiger partial charge in [0.25, 0.3) is 0 Å². The Labute approximate surface area is 108 Å². The molecular weight excluding hydrogens is 232 g/mol. The predicted octanol–water partition coefficient (Wildman–Crippen LogP) is 1.94. The molecule has 1 aliphatic rings. The summed E-state index contributed by atoms with van der Waals surface area (Å²) in [6.07, 6.45) is 1.97. The van der Waals surface area contributed by atoms with Crippen LogP contribution in [0.5, 0.6) is 0 Å². The fourth-order valence-corrected chi connectivity index (χ4v) is 2.49. The Kier molecular flexibility index (Phi) is 4.38. The van der Waals surface area contributed by atoms with Crippen LogP contribution in [-0.4, -0.2) is 51.6 Å². The number of carbonyl (C=O) groups excluding carboxylic acids is 1. The zero-order chi connectivity index (χ0) is 13.9. The fourth-order valence-electron chi connectivity index (χ4n) is 2.49. The molecule has 1 atom stereocenters. The summed E-state index contributed by atoms with van der Waals surface area (Å²) in [5.74, 6) is -0.126. The van der Waals surface area contributed by atoms with Crippen molar-refractivity contribution in [1.29, 1.82) is 0 Å². The first-order chi connectivity index (χ1) is 8.27. The summed E-state index contributed by atoms with van der Waals surface area (Å²) in [5.41, 5.74) is -0.462. The van der Waals surface area contributed by atoms with Gasteiger partial charge in [0.1, 0.15) is 0 Å². The van der Waals surface area contributed by atoms with Gasteiger partial charge < -0.3 is 10.0 Å². The molecule has 0 radical (unpaired) electrons. The minimum atomic E-state index is -0.930. The summed E-state index contributed by atoms with van der Waals surface area (Å²) < 4.78 is 0. The van der Waals surface area contributed by atoms with E-state index in [9.17, 15) is 14.7 Å². The number of likely N-dealkylation sites (tertiary alicyclic amines) is 1. The molecule has 0 bridgehead atoms. The summed E-state index contributed by atoms with van der Waals surface area (Å²) in [5, 5.41) is 9.35. The topological polar surface area (TPSA) is 60.9 Å². The molecule has 0 aromatic heterocycles. The second-order valence-electron chi connectivity index (χ2n) is 5.61. The van der Waals surface area contributed by atoms with Crippen molar-refractivity contribution < 1.29 is 14.7 Å². The fraction of sp³-hybridized carbons (Fsp3) is 0.692. The molecule has 1 aliphatic heterocycles. The van der Waals surface area contributed by atoms with Gasteiger partial charge in [0.05, 0.1) is 6.04 Å². The van der Waals surface area contributed by atoms with E-state index in [2.05, 4.69) is 6.58 Å². The van der Waals surface area contributed by atoms with Crippen molar-refractivity contribution in [2.45, 2.75) is 45.2 Å². The second kappa shape index (κ2) is 5.42. The third-order valence-corrected chi connectivity index (χ3v) is 3.18. The average Bonchev–Trinajstić information content (AvgIpc) is 2.26. The van der Waals surface area contributed by atoms with Crippen molar-refractivity contribution >= 4 is 12.0 Å². The van der Waals surface area contributed by atoms with Crippen LogP contribution in [0.25, 0.3) is 0 Å². The summed E-state index contributed by atoms with van der Waals surface area (Å²) in [7, 11) is 0. The van der Waals surface area contributed by atoms with Gasteiger partial charge in [0, 0.05) is 18.6 Å². The van der Waals surface area contributed by atoms with Crippen LogP contribution < -0.4 is 0 Å². The van der Waals surface area contributed by atoms with Crippen LogP contribution in [0.3, 0.4) is 0 Å². The molecule has 5 heteroatoms. The molecule has 1 rings (SSSR count). The number of piperidine rings is 1. The monoisotopic (exact) mass is 254 g/mol. The lowest BCUT2D eigenvalue weighted by molar-refractivity contribution is -0.128. The van der Waals surface area contributed by atoms with Gasteiger partial charge in [-0.05, 0) is 39.7 Å². The number of rotatable bonds is 2. The minimum absolute atomic E-state index is 0.126. The average molecular weight is 254 g/mol. The van der Waals surface area contributed by atoms with Gasteiger partial charge >= 0.3 is 6.09 Å². The Morgan fingerprint density at radius 2 is 2.06 bits per heavy atom. The molecule has 18 heavy (non-hydrogen) atoms. The number of carboxylic acid groups (broad SMARTS) is 1. The van der Waals surface area contributed by atoms with Crippen molar-refractivity contribution in [3.05, 3.63) is 12.7 Å². The number of hydrogen-bond donors (Lipinski definition) is 1. The predicted molar refractivity (Wildman–Crippen MR) is 69.4 cm³/mol. The van der Waals surface area contributed by atoms with E-state index in [4.69, 9.17) is 0 Å². The van der Waals surface area contributed by atoms with E-state index in [-0.39, 0.29) is 11.9 Å². The van der Waals surface area contributed by atoms with Crippen molar-refractivity contribution in [2.24, 2.45) is 0 Å².